The van der Waals surface area contributed by atoms with E-state index in [1.165, 1.54) is 36.0 Å². The summed E-state index contributed by atoms with van der Waals surface area (Å²) in [4.78, 5) is 0. The molecule has 0 aliphatic heterocycles. The van der Waals surface area contributed by atoms with Crippen molar-refractivity contribution >= 4 is 0 Å². The Balaban J connectivity index is 1.79. The third-order valence-corrected chi connectivity index (χ3v) is 3.53. The summed E-state index contributed by atoms with van der Waals surface area (Å²) in [5.74, 6) is 0. The van der Waals surface area contributed by atoms with E-state index >= 15 is 0 Å². The average Bonchev–Trinajstić information content (AvgIpc) is 2.96. The minimum atomic E-state index is -0.0567. The molecule has 0 bridgehead atoms. The van der Waals surface area contributed by atoms with Gasteiger partial charge in [-0.3, -0.25) is 0 Å². The molecule has 94 valence electrons. The van der Waals surface area contributed by atoms with Crippen molar-refractivity contribution in [3.63, 3.8) is 0 Å². The molecule has 2 N–H and O–H groups in total. The molecule has 18 heavy (non-hydrogen) atoms. The van der Waals surface area contributed by atoms with Crippen LogP contribution in [0.25, 0.3) is 0 Å². The van der Waals surface area contributed by atoms with Crippen LogP contribution in [-0.2, 0) is 19.4 Å². The molecule has 1 aliphatic rings. The fraction of sp³-hybridized carbons (Fsp3) is 0.429. The third-order valence-electron chi connectivity index (χ3n) is 3.53. The zero-order valence-corrected chi connectivity index (χ0v) is 10.6. The van der Waals surface area contributed by atoms with Crippen LogP contribution in [0.3, 0.4) is 0 Å². The molecule has 0 saturated heterocycles. The number of hydrogen-bond acceptors (Lipinski definition) is 3. The lowest BCUT2D eigenvalue weighted by Crippen LogP contribution is -2.05. The first kappa shape index (κ1) is 11.4. The van der Waals surface area contributed by atoms with Crippen LogP contribution in [0.15, 0.2) is 24.4 Å². The Kier molecular flexibility index (Phi) is 2.88. The zero-order valence-electron chi connectivity index (χ0n) is 10.6. The molecule has 3 rings (SSSR count). The van der Waals surface area contributed by atoms with Gasteiger partial charge in [0.25, 0.3) is 0 Å². The highest BCUT2D eigenvalue weighted by molar-refractivity contribution is 5.35. The van der Waals surface area contributed by atoms with Gasteiger partial charge in [0.05, 0.1) is 18.4 Å². The van der Waals surface area contributed by atoms with Gasteiger partial charge >= 0.3 is 0 Å². The first-order valence-electron chi connectivity index (χ1n) is 6.48. The van der Waals surface area contributed by atoms with Crippen LogP contribution >= 0.6 is 0 Å². The number of aryl methyl sites for hydroxylation is 2. The SMILES string of the molecule is CC(N)c1cn(Cc2ccc3c(c2)CCC3)nn1. The monoisotopic (exact) mass is 242 g/mol. The quantitative estimate of drug-likeness (QED) is 0.893. The summed E-state index contributed by atoms with van der Waals surface area (Å²) in [6.45, 7) is 2.69. The Hall–Kier alpha value is -1.68. The maximum absolute atomic E-state index is 5.78. The third kappa shape index (κ3) is 2.16. The molecule has 4 nitrogen and oxygen atoms in total. The molecule has 2 aromatic rings. The first-order chi connectivity index (χ1) is 8.72. The second-order valence-electron chi connectivity index (χ2n) is 5.09. The van der Waals surface area contributed by atoms with Crippen molar-refractivity contribution in [1.29, 1.82) is 0 Å². The molecule has 4 heteroatoms. The lowest BCUT2D eigenvalue weighted by molar-refractivity contribution is 0.648. The normalized spacial score (nSPS) is 15.7. The van der Waals surface area contributed by atoms with E-state index in [0.717, 1.165) is 12.2 Å². The Morgan fingerprint density at radius 3 is 2.94 bits per heavy atom. The predicted octanol–water partition coefficient (Wildman–Crippen LogP) is 1.83. The summed E-state index contributed by atoms with van der Waals surface area (Å²) in [6, 6.07) is 6.69. The van der Waals surface area contributed by atoms with Crippen LogP contribution in [0.5, 0.6) is 0 Å². The van der Waals surface area contributed by atoms with E-state index in [1.54, 1.807) is 0 Å². The van der Waals surface area contributed by atoms with Gasteiger partial charge in [-0.1, -0.05) is 23.4 Å². The van der Waals surface area contributed by atoms with Gasteiger partial charge in [-0.05, 0) is 42.9 Å². The fourth-order valence-electron chi connectivity index (χ4n) is 2.51. The van der Waals surface area contributed by atoms with E-state index in [0.29, 0.717) is 0 Å². The number of nitrogens with zero attached hydrogens (tertiary/aromatic N) is 3. The Labute approximate surface area is 107 Å². The van der Waals surface area contributed by atoms with E-state index in [9.17, 15) is 0 Å². The minimum Gasteiger partial charge on any atom is -0.323 e. The Morgan fingerprint density at radius 2 is 2.17 bits per heavy atom. The fourth-order valence-corrected chi connectivity index (χ4v) is 2.51. The van der Waals surface area contributed by atoms with E-state index < -0.39 is 0 Å². The first-order valence-corrected chi connectivity index (χ1v) is 6.48. The van der Waals surface area contributed by atoms with Crippen LogP contribution in [-0.4, -0.2) is 15.0 Å². The van der Waals surface area contributed by atoms with Crippen molar-refractivity contribution in [1.82, 2.24) is 15.0 Å². The number of aromatic nitrogens is 3. The van der Waals surface area contributed by atoms with E-state index in [4.69, 9.17) is 5.73 Å². The van der Waals surface area contributed by atoms with Gasteiger partial charge in [0.2, 0.25) is 0 Å². The molecular formula is C14H18N4. The summed E-state index contributed by atoms with van der Waals surface area (Å²) in [7, 11) is 0. The maximum atomic E-state index is 5.78. The van der Waals surface area contributed by atoms with Gasteiger partial charge in [0.1, 0.15) is 0 Å². The Morgan fingerprint density at radius 1 is 1.33 bits per heavy atom. The lowest BCUT2D eigenvalue weighted by Gasteiger charge is -2.04. The van der Waals surface area contributed by atoms with Crippen molar-refractivity contribution in [2.45, 2.75) is 38.8 Å². The van der Waals surface area contributed by atoms with Crippen LogP contribution in [0.2, 0.25) is 0 Å². The standard InChI is InChI=1S/C14H18N4/c1-10(15)14-9-18(17-16-14)8-11-5-6-12-3-2-4-13(12)7-11/h5-7,9-10H,2-4,8,15H2,1H3. The summed E-state index contributed by atoms with van der Waals surface area (Å²) in [6.07, 6.45) is 5.66. The number of nitrogens with two attached hydrogens (primary N) is 1. The summed E-state index contributed by atoms with van der Waals surface area (Å²) < 4.78 is 1.86. The molecule has 1 unspecified atom stereocenters. The molecule has 1 aromatic carbocycles. The zero-order chi connectivity index (χ0) is 12.5. The van der Waals surface area contributed by atoms with E-state index in [-0.39, 0.29) is 6.04 Å². The largest absolute Gasteiger partial charge is 0.323 e. The van der Waals surface area contributed by atoms with Gasteiger partial charge in [0, 0.05) is 6.04 Å². The van der Waals surface area contributed by atoms with Gasteiger partial charge < -0.3 is 5.73 Å². The second-order valence-corrected chi connectivity index (χ2v) is 5.09. The second kappa shape index (κ2) is 4.53. The van der Waals surface area contributed by atoms with Gasteiger partial charge in [0.15, 0.2) is 0 Å². The smallest absolute Gasteiger partial charge is 0.0991 e. The number of benzene rings is 1. The molecule has 0 saturated carbocycles. The summed E-state index contributed by atoms with van der Waals surface area (Å²) in [5, 5.41) is 8.19. The molecular weight excluding hydrogens is 224 g/mol. The maximum Gasteiger partial charge on any atom is 0.0991 e. The number of fused-ring (bicyclic) bond motifs is 1. The molecule has 1 aliphatic carbocycles. The highest BCUT2D eigenvalue weighted by atomic mass is 15.4. The molecule has 0 fully saturated rings. The summed E-state index contributed by atoms with van der Waals surface area (Å²) >= 11 is 0. The van der Waals surface area contributed by atoms with Crippen LogP contribution in [0.4, 0.5) is 0 Å². The molecule has 1 atom stereocenters. The molecule has 0 amide bonds. The topological polar surface area (TPSA) is 56.7 Å². The number of rotatable bonds is 3. The van der Waals surface area contributed by atoms with Gasteiger partial charge in [-0.15, -0.1) is 5.10 Å². The summed E-state index contributed by atoms with van der Waals surface area (Å²) in [5.41, 5.74) is 10.9. The highest BCUT2D eigenvalue weighted by Crippen LogP contribution is 2.23. The van der Waals surface area contributed by atoms with Crippen molar-refractivity contribution in [2.24, 2.45) is 5.73 Å². The van der Waals surface area contributed by atoms with Gasteiger partial charge in [-0.2, -0.15) is 0 Å². The van der Waals surface area contributed by atoms with Crippen molar-refractivity contribution in [2.75, 3.05) is 0 Å². The average molecular weight is 242 g/mol. The van der Waals surface area contributed by atoms with E-state index in [1.807, 2.05) is 17.8 Å². The molecule has 0 spiro atoms. The lowest BCUT2D eigenvalue weighted by atomic mass is 10.1. The minimum absolute atomic E-state index is 0.0567. The Bertz CT molecular complexity index is 557. The molecule has 1 heterocycles. The predicted molar refractivity (Wildman–Crippen MR) is 70.2 cm³/mol. The van der Waals surface area contributed by atoms with E-state index in [2.05, 4.69) is 28.5 Å². The van der Waals surface area contributed by atoms with Crippen LogP contribution in [0, 0.1) is 0 Å². The van der Waals surface area contributed by atoms with Crippen molar-refractivity contribution in [3.8, 4) is 0 Å². The van der Waals surface area contributed by atoms with Gasteiger partial charge in [-0.25, -0.2) is 4.68 Å². The highest BCUT2D eigenvalue weighted by Gasteiger charge is 2.11. The molecule has 1 aromatic heterocycles. The van der Waals surface area contributed by atoms with Crippen LogP contribution < -0.4 is 5.73 Å². The molecule has 0 radical (unpaired) electrons. The van der Waals surface area contributed by atoms with Crippen LogP contribution in [0.1, 0.15) is 41.8 Å². The number of hydrogen-bond donors (Lipinski definition) is 1. The van der Waals surface area contributed by atoms with Crippen molar-refractivity contribution in [3.05, 3.63) is 46.8 Å². The van der Waals surface area contributed by atoms with Crippen molar-refractivity contribution < 1.29 is 0 Å².